The lowest BCUT2D eigenvalue weighted by Crippen LogP contribution is -2.02. The third kappa shape index (κ3) is 3.25. The monoisotopic (exact) mass is 407 g/mol. The van der Waals surface area contributed by atoms with Crippen LogP contribution in [0.1, 0.15) is 11.1 Å². The highest BCUT2D eigenvalue weighted by Gasteiger charge is 2.07. The van der Waals surface area contributed by atoms with E-state index in [2.05, 4.69) is 64.1 Å². The molecule has 2 aromatic carbocycles. The van der Waals surface area contributed by atoms with Crippen molar-refractivity contribution in [1.29, 1.82) is 0 Å². The molecule has 0 aliphatic carbocycles. The second-order valence-corrected chi connectivity index (χ2v) is 6.23. The molecule has 0 saturated carbocycles. The van der Waals surface area contributed by atoms with Crippen molar-refractivity contribution in [2.24, 2.45) is 12.8 Å². The summed E-state index contributed by atoms with van der Waals surface area (Å²) < 4.78 is 8.76. The van der Waals surface area contributed by atoms with Crippen molar-refractivity contribution in [1.82, 2.24) is 9.78 Å². The Morgan fingerprint density at radius 1 is 1.14 bits per heavy atom. The predicted molar refractivity (Wildman–Crippen MR) is 97.0 cm³/mol. The average molecular weight is 407 g/mol. The van der Waals surface area contributed by atoms with E-state index in [0.717, 1.165) is 32.3 Å². The maximum Gasteiger partial charge on any atom is 0.131 e. The molecule has 0 bridgehead atoms. The number of aryl methyl sites for hydroxylation is 1. The van der Waals surface area contributed by atoms with Gasteiger partial charge in [0.2, 0.25) is 0 Å². The zero-order valence-corrected chi connectivity index (χ0v) is 14.6. The number of ether oxygens (including phenoxy) is 1. The molecular formula is C17H18IN3O. The van der Waals surface area contributed by atoms with Crippen LogP contribution in [0, 0.1) is 3.70 Å². The van der Waals surface area contributed by atoms with Crippen LogP contribution >= 0.6 is 22.6 Å². The minimum Gasteiger partial charge on any atom is -0.493 e. The van der Waals surface area contributed by atoms with E-state index in [1.165, 1.54) is 5.56 Å². The van der Waals surface area contributed by atoms with Gasteiger partial charge in [-0.1, -0.05) is 24.3 Å². The van der Waals surface area contributed by atoms with Crippen molar-refractivity contribution >= 4 is 33.5 Å². The number of fused-ring (bicyclic) bond motifs is 1. The first kappa shape index (κ1) is 15.3. The third-order valence-electron chi connectivity index (χ3n) is 3.69. The van der Waals surface area contributed by atoms with Gasteiger partial charge in [0.05, 0.1) is 12.1 Å². The molecule has 5 heteroatoms. The van der Waals surface area contributed by atoms with Crippen molar-refractivity contribution < 1.29 is 4.74 Å². The second kappa shape index (κ2) is 6.66. The Morgan fingerprint density at radius 3 is 2.59 bits per heavy atom. The minimum atomic E-state index is 0.584. The van der Waals surface area contributed by atoms with Crippen molar-refractivity contribution in [2.45, 2.75) is 13.0 Å². The van der Waals surface area contributed by atoms with Gasteiger partial charge in [0.1, 0.15) is 9.45 Å². The molecule has 3 rings (SSSR count). The Kier molecular flexibility index (Phi) is 4.63. The molecule has 0 aliphatic rings. The Bertz CT molecular complexity index is 780. The van der Waals surface area contributed by atoms with Gasteiger partial charge in [0, 0.05) is 25.4 Å². The van der Waals surface area contributed by atoms with E-state index in [4.69, 9.17) is 10.5 Å². The number of hydrogen-bond donors (Lipinski definition) is 1. The molecule has 4 nitrogen and oxygen atoms in total. The summed E-state index contributed by atoms with van der Waals surface area (Å²) in [7, 11) is 1.95. The first-order chi connectivity index (χ1) is 10.7. The number of hydrogen-bond acceptors (Lipinski definition) is 3. The highest BCUT2D eigenvalue weighted by molar-refractivity contribution is 14.1. The highest BCUT2D eigenvalue weighted by atomic mass is 127. The van der Waals surface area contributed by atoms with E-state index >= 15 is 0 Å². The standard InChI is InChI=1S/C17H18IN3O/c1-21-16-7-6-14(10-15(16)17(18)20-21)22-9-8-12-2-4-13(11-19)5-3-12/h2-7,10H,8-9,11,19H2,1H3. The van der Waals surface area contributed by atoms with Gasteiger partial charge in [-0.15, -0.1) is 0 Å². The van der Waals surface area contributed by atoms with Crippen LogP contribution in [0.2, 0.25) is 0 Å². The quantitative estimate of drug-likeness (QED) is 0.661. The average Bonchev–Trinajstić information content (AvgIpc) is 2.82. The minimum absolute atomic E-state index is 0.584. The van der Waals surface area contributed by atoms with Crippen LogP contribution in [0.4, 0.5) is 0 Å². The van der Waals surface area contributed by atoms with Gasteiger partial charge in [-0.05, 0) is 51.9 Å². The zero-order chi connectivity index (χ0) is 15.5. The topological polar surface area (TPSA) is 53.1 Å². The maximum absolute atomic E-state index is 5.87. The summed E-state index contributed by atoms with van der Waals surface area (Å²) in [6.45, 7) is 1.24. The molecule has 0 saturated heterocycles. The summed E-state index contributed by atoms with van der Waals surface area (Å²) in [5, 5.41) is 5.55. The molecule has 0 amide bonds. The summed E-state index contributed by atoms with van der Waals surface area (Å²) in [5.41, 5.74) is 9.14. The lowest BCUT2D eigenvalue weighted by Gasteiger charge is -2.07. The lowest BCUT2D eigenvalue weighted by molar-refractivity contribution is 0.322. The molecule has 1 heterocycles. The summed E-state index contributed by atoms with van der Waals surface area (Å²) in [4.78, 5) is 0. The van der Waals surface area contributed by atoms with Crippen molar-refractivity contribution in [3.05, 3.63) is 57.3 Å². The van der Waals surface area contributed by atoms with Crippen LogP contribution in [-0.2, 0) is 20.0 Å². The van der Waals surface area contributed by atoms with E-state index < -0.39 is 0 Å². The number of nitrogens with two attached hydrogens (primary N) is 1. The fourth-order valence-electron chi connectivity index (χ4n) is 2.42. The smallest absolute Gasteiger partial charge is 0.131 e. The van der Waals surface area contributed by atoms with Crippen molar-refractivity contribution in [3.8, 4) is 5.75 Å². The van der Waals surface area contributed by atoms with Crippen molar-refractivity contribution in [2.75, 3.05) is 6.61 Å². The van der Waals surface area contributed by atoms with Crippen LogP contribution in [-0.4, -0.2) is 16.4 Å². The zero-order valence-electron chi connectivity index (χ0n) is 12.4. The van der Waals surface area contributed by atoms with E-state index in [-0.39, 0.29) is 0 Å². The summed E-state index contributed by atoms with van der Waals surface area (Å²) in [6, 6.07) is 14.5. The molecule has 0 fully saturated rings. The van der Waals surface area contributed by atoms with E-state index in [1.807, 2.05) is 17.8 Å². The third-order valence-corrected chi connectivity index (χ3v) is 4.49. The lowest BCUT2D eigenvalue weighted by atomic mass is 10.1. The molecule has 2 N–H and O–H groups in total. The summed E-state index contributed by atoms with van der Waals surface area (Å²) in [5.74, 6) is 0.886. The predicted octanol–water partition coefficient (Wildman–Crippen LogP) is 3.26. The van der Waals surface area contributed by atoms with Crippen LogP contribution in [0.25, 0.3) is 10.9 Å². The number of nitrogens with zero attached hydrogens (tertiary/aromatic N) is 2. The van der Waals surface area contributed by atoms with Gasteiger partial charge in [-0.2, -0.15) is 5.10 Å². The molecule has 0 spiro atoms. The number of benzene rings is 2. The molecule has 22 heavy (non-hydrogen) atoms. The van der Waals surface area contributed by atoms with E-state index in [0.29, 0.717) is 13.2 Å². The molecule has 0 aliphatic heterocycles. The van der Waals surface area contributed by atoms with E-state index in [1.54, 1.807) is 0 Å². The molecule has 114 valence electrons. The second-order valence-electron chi connectivity index (χ2n) is 5.21. The van der Waals surface area contributed by atoms with Crippen LogP contribution in [0.3, 0.4) is 0 Å². The van der Waals surface area contributed by atoms with Gasteiger partial charge in [0.25, 0.3) is 0 Å². The van der Waals surface area contributed by atoms with Crippen LogP contribution in [0.15, 0.2) is 42.5 Å². The first-order valence-corrected chi connectivity index (χ1v) is 8.28. The Labute approximate surface area is 143 Å². The van der Waals surface area contributed by atoms with Crippen molar-refractivity contribution in [3.63, 3.8) is 0 Å². The van der Waals surface area contributed by atoms with Gasteiger partial charge in [-0.3, -0.25) is 4.68 Å². The largest absolute Gasteiger partial charge is 0.493 e. The molecule has 0 atom stereocenters. The fourth-order valence-corrected chi connectivity index (χ4v) is 3.18. The Balaban J connectivity index is 1.64. The molecule has 0 unspecified atom stereocenters. The Morgan fingerprint density at radius 2 is 1.86 bits per heavy atom. The molecule has 0 radical (unpaired) electrons. The first-order valence-electron chi connectivity index (χ1n) is 7.20. The number of rotatable bonds is 5. The molecular weight excluding hydrogens is 389 g/mol. The van der Waals surface area contributed by atoms with Gasteiger partial charge < -0.3 is 10.5 Å². The van der Waals surface area contributed by atoms with E-state index in [9.17, 15) is 0 Å². The SMILES string of the molecule is Cn1nc(I)c2cc(OCCc3ccc(CN)cc3)ccc21. The number of aromatic nitrogens is 2. The molecule has 3 aromatic rings. The van der Waals surface area contributed by atoms with Gasteiger partial charge in [-0.25, -0.2) is 0 Å². The fraction of sp³-hybridized carbons (Fsp3) is 0.235. The van der Waals surface area contributed by atoms with Gasteiger partial charge >= 0.3 is 0 Å². The summed E-state index contributed by atoms with van der Waals surface area (Å²) >= 11 is 2.25. The maximum atomic E-state index is 5.87. The van der Waals surface area contributed by atoms with Crippen LogP contribution in [0.5, 0.6) is 5.75 Å². The highest BCUT2D eigenvalue weighted by Crippen LogP contribution is 2.24. The normalized spacial score (nSPS) is 11.0. The molecule has 1 aromatic heterocycles. The summed E-state index contributed by atoms with van der Waals surface area (Å²) in [6.07, 6.45) is 0.882. The van der Waals surface area contributed by atoms with Gasteiger partial charge in [0.15, 0.2) is 0 Å². The van der Waals surface area contributed by atoms with Crippen LogP contribution < -0.4 is 10.5 Å². The number of halogens is 1. The Hall–Kier alpha value is -1.60.